The Morgan fingerprint density at radius 2 is 2.29 bits per heavy atom. The number of amides is 1. The summed E-state index contributed by atoms with van der Waals surface area (Å²) in [5, 5.41) is 11.1. The monoisotopic (exact) mass is 204 g/mol. The molecule has 0 rings (SSSR count). The van der Waals surface area contributed by atoms with Crippen LogP contribution in [-0.2, 0) is 9.53 Å². The zero-order chi connectivity index (χ0) is 10.8. The van der Waals surface area contributed by atoms with Gasteiger partial charge in [0, 0.05) is 6.54 Å². The van der Waals surface area contributed by atoms with Gasteiger partial charge in [-0.25, -0.2) is 0 Å². The highest BCUT2D eigenvalue weighted by molar-refractivity contribution is 5.81. The third-order valence-electron chi connectivity index (χ3n) is 1.72. The quantitative estimate of drug-likeness (QED) is 0.454. The standard InChI is InChI=1S/C9H20N2O3/c1-2-3-8(10)9(13)11-4-6-14-7-5-12/h8,12H,2-7,10H2,1H3,(H,11,13). The van der Waals surface area contributed by atoms with Gasteiger partial charge in [-0.15, -0.1) is 0 Å². The van der Waals surface area contributed by atoms with Crippen LogP contribution < -0.4 is 11.1 Å². The molecule has 0 heterocycles. The Morgan fingerprint density at radius 1 is 1.57 bits per heavy atom. The van der Waals surface area contributed by atoms with Crippen LogP contribution in [0.2, 0.25) is 0 Å². The van der Waals surface area contributed by atoms with E-state index in [0.717, 1.165) is 6.42 Å². The van der Waals surface area contributed by atoms with Crippen molar-refractivity contribution in [1.82, 2.24) is 5.32 Å². The van der Waals surface area contributed by atoms with E-state index in [2.05, 4.69) is 5.32 Å². The molecule has 0 radical (unpaired) electrons. The fourth-order valence-corrected chi connectivity index (χ4v) is 0.986. The number of nitrogens with two attached hydrogens (primary N) is 1. The van der Waals surface area contributed by atoms with Gasteiger partial charge in [0.05, 0.1) is 25.9 Å². The van der Waals surface area contributed by atoms with E-state index in [1.165, 1.54) is 0 Å². The first-order valence-corrected chi connectivity index (χ1v) is 4.94. The van der Waals surface area contributed by atoms with Gasteiger partial charge in [-0.2, -0.15) is 0 Å². The number of ether oxygens (including phenoxy) is 1. The third-order valence-corrected chi connectivity index (χ3v) is 1.72. The Kier molecular flexibility index (Phi) is 8.51. The summed E-state index contributed by atoms with van der Waals surface area (Å²) in [6.07, 6.45) is 1.60. The van der Waals surface area contributed by atoms with Crippen LogP contribution in [0.15, 0.2) is 0 Å². The maximum absolute atomic E-state index is 11.2. The number of hydrogen-bond donors (Lipinski definition) is 3. The maximum Gasteiger partial charge on any atom is 0.236 e. The molecule has 0 saturated carbocycles. The highest BCUT2D eigenvalue weighted by Crippen LogP contribution is 1.92. The molecule has 0 aromatic rings. The number of rotatable bonds is 8. The lowest BCUT2D eigenvalue weighted by atomic mass is 10.2. The molecule has 0 aliphatic carbocycles. The first kappa shape index (κ1) is 13.4. The van der Waals surface area contributed by atoms with Crippen LogP contribution in [0.4, 0.5) is 0 Å². The van der Waals surface area contributed by atoms with Gasteiger partial charge >= 0.3 is 0 Å². The van der Waals surface area contributed by atoms with Gasteiger partial charge in [-0.3, -0.25) is 4.79 Å². The number of nitrogens with one attached hydrogen (secondary N) is 1. The summed E-state index contributed by atoms with van der Waals surface area (Å²) in [7, 11) is 0. The molecular weight excluding hydrogens is 184 g/mol. The lowest BCUT2D eigenvalue weighted by molar-refractivity contribution is -0.122. The summed E-state index contributed by atoms with van der Waals surface area (Å²) < 4.78 is 4.97. The summed E-state index contributed by atoms with van der Waals surface area (Å²) in [5.74, 6) is -0.139. The van der Waals surface area contributed by atoms with E-state index in [9.17, 15) is 4.79 Å². The molecule has 0 fully saturated rings. The van der Waals surface area contributed by atoms with Gasteiger partial charge in [0.2, 0.25) is 5.91 Å². The first-order chi connectivity index (χ1) is 6.72. The second-order valence-electron chi connectivity index (χ2n) is 3.02. The lowest BCUT2D eigenvalue weighted by Gasteiger charge is -2.10. The van der Waals surface area contributed by atoms with E-state index in [1.807, 2.05) is 6.92 Å². The van der Waals surface area contributed by atoms with E-state index in [0.29, 0.717) is 26.2 Å². The molecule has 1 atom stereocenters. The Labute approximate surface area is 84.6 Å². The van der Waals surface area contributed by atoms with Crippen molar-refractivity contribution in [3.05, 3.63) is 0 Å². The van der Waals surface area contributed by atoms with Gasteiger partial charge in [0.25, 0.3) is 0 Å². The zero-order valence-corrected chi connectivity index (χ0v) is 8.66. The van der Waals surface area contributed by atoms with Crippen LogP contribution in [0.3, 0.4) is 0 Å². The van der Waals surface area contributed by atoms with Gasteiger partial charge in [-0.1, -0.05) is 13.3 Å². The van der Waals surface area contributed by atoms with Crippen molar-refractivity contribution >= 4 is 5.91 Å². The lowest BCUT2D eigenvalue weighted by Crippen LogP contribution is -2.41. The average Bonchev–Trinajstić information content (AvgIpc) is 2.17. The minimum Gasteiger partial charge on any atom is -0.394 e. The van der Waals surface area contributed by atoms with Crippen LogP contribution in [-0.4, -0.2) is 43.4 Å². The summed E-state index contributed by atoms with van der Waals surface area (Å²) in [6, 6.07) is -0.419. The number of aliphatic hydroxyl groups is 1. The predicted octanol–water partition coefficient (Wildman–Crippen LogP) is -0.761. The predicted molar refractivity (Wildman–Crippen MR) is 53.8 cm³/mol. The van der Waals surface area contributed by atoms with Crippen LogP contribution in [0, 0.1) is 0 Å². The normalized spacial score (nSPS) is 12.5. The minimum atomic E-state index is -0.419. The molecule has 0 aromatic carbocycles. The molecule has 1 amide bonds. The largest absolute Gasteiger partial charge is 0.394 e. The zero-order valence-electron chi connectivity index (χ0n) is 8.66. The third kappa shape index (κ3) is 6.82. The highest BCUT2D eigenvalue weighted by atomic mass is 16.5. The van der Waals surface area contributed by atoms with Crippen molar-refractivity contribution < 1.29 is 14.6 Å². The minimum absolute atomic E-state index is 0.00327. The molecule has 4 N–H and O–H groups in total. The maximum atomic E-state index is 11.2. The van der Waals surface area contributed by atoms with Crippen molar-refractivity contribution in [2.24, 2.45) is 5.73 Å². The second kappa shape index (κ2) is 8.93. The van der Waals surface area contributed by atoms with E-state index in [-0.39, 0.29) is 12.5 Å². The van der Waals surface area contributed by atoms with E-state index >= 15 is 0 Å². The van der Waals surface area contributed by atoms with Gasteiger partial charge in [0.15, 0.2) is 0 Å². The molecular formula is C9H20N2O3. The summed E-state index contributed by atoms with van der Waals surface area (Å²) in [5.41, 5.74) is 5.58. The highest BCUT2D eigenvalue weighted by Gasteiger charge is 2.10. The summed E-state index contributed by atoms with van der Waals surface area (Å²) in [6.45, 7) is 3.14. The molecule has 84 valence electrons. The number of aliphatic hydroxyl groups excluding tert-OH is 1. The number of hydrogen-bond acceptors (Lipinski definition) is 4. The van der Waals surface area contributed by atoms with Crippen molar-refractivity contribution in [2.45, 2.75) is 25.8 Å². The molecule has 5 nitrogen and oxygen atoms in total. The number of carbonyl (C=O) groups is 1. The van der Waals surface area contributed by atoms with E-state index < -0.39 is 6.04 Å². The molecule has 0 bridgehead atoms. The van der Waals surface area contributed by atoms with Crippen LogP contribution in [0.1, 0.15) is 19.8 Å². The Balaban J connectivity index is 3.34. The topological polar surface area (TPSA) is 84.6 Å². The van der Waals surface area contributed by atoms with Crippen molar-refractivity contribution in [1.29, 1.82) is 0 Å². The molecule has 0 spiro atoms. The molecule has 5 heteroatoms. The molecule has 0 aliphatic rings. The van der Waals surface area contributed by atoms with E-state index in [4.69, 9.17) is 15.6 Å². The van der Waals surface area contributed by atoms with Crippen LogP contribution in [0.25, 0.3) is 0 Å². The number of carbonyl (C=O) groups excluding carboxylic acids is 1. The Morgan fingerprint density at radius 3 is 2.86 bits per heavy atom. The van der Waals surface area contributed by atoms with Gasteiger partial charge in [-0.05, 0) is 6.42 Å². The fourth-order valence-electron chi connectivity index (χ4n) is 0.986. The van der Waals surface area contributed by atoms with Crippen molar-refractivity contribution in [2.75, 3.05) is 26.4 Å². The second-order valence-corrected chi connectivity index (χ2v) is 3.02. The van der Waals surface area contributed by atoms with Crippen molar-refractivity contribution in [3.63, 3.8) is 0 Å². The van der Waals surface area contributed by atoms with Crippen LogP contribution in [0.5, 0.6) is 0 Å². The van der Waals surface area contributed by atoms with Gasteiger partial charge < -0.3 is 20.9 Å². The molecule has 14 heavy (non-hydrogen) atoms. The first-order valence-electron chi connectivity index (χ1n) is 4.94. The average molecular weight is 204 g/mol. The van der Waals surface area contributed by atoms with Gasteiger partial charge in [0.1, 0.15) is 0 Å². The molecule has 0 saturated heterocycles. The Bertz CT molecular complexity index is 153. The fraction of sp³-hybridized carbons (Fsp3) is 0.889. The molecule has 0 aromatic heterocycles. The Hall–Kier alpha value is -0.650. The summed E-state index contributed by atoms with van der Waals surface area (Å²) in [4.78, 5) is 11.2. The molecule has 0 aliphatic heterocycles. The summed E-state index contributed by atoms with van der Waals surface area (Å²) >= 11 is 0. The molecule has 1 unspecified atom stereocenters. The van der Waals surface area contributed by atoms with Crippen LogP contribution >= 0.6 is 0 Å². The van der Waals surface area contributed by atoms with E-state index in [1.54, 1.807) is 0 Å². The van der Waals surface area contributed by atoms with Crippen molar-refractivity contribution in [3.8, 4) is 0 Å². The smallest absolute Gasteiger partial charge is 0.236 e. The SMILES string of the molecule is CCCC(N)C(=O)NCCOCCO.